The fourth-order valence-electron chi connectivity index (χ4n) is 4.26. The zero-order valence-corrected chi connectivity index (χ0v) is 14.0. The lowest BCUT2D eigenvalue weighted by atomic mass is 10.0. The Bertz CT molecular complexity index is 483. The van der Waals surface area contributed by atoms with Gasteiger partial charge in [0.2, 0.25) is 0 Å². The van der Waals surface area contributed by atoms with Crippen molar-refractivity contribution in [3.05, 3.63) is 35.6 Å². The molecule has 128 valence electrons. The number of piperidine rings is 1. The van der Waals surface area contributed by atoms with E-state index in [1.54, 1.807) is 21.9 Å². The van der Waals surface area contributed by atoms with E-state index in [2.05, 4.69) is 0 Å². The molecule has 2 heterocycles. The minimum Gasteiger partial charge on any atom is -0.391 e. The van der Waals surface area contributed by atoms with Crippen molar-refractivity contribution in [1.82, 2.24) is 0 Å². The van der Waals surface area contributed by atoms with Gasteiger partial charge in [-0.2, -0.15) is 0 Å². The molecule has 2 aliphatic rings. The Morgan fingerprint density at radius 1 is 0.957 bits per heavy atom. The van der Waals surface area contributed by atoms with Crippen LogP contribution in [0.1, 0.15) is 18.4 Å². The Morgan fingerprint density at radius 3 is 2.30 bits per heavy atom. The predicted molar refractivity (Wildman–Crippen MR) is 87.2 cm³/mol. The summed E-state index contributed by atoms with van der Waals surface area (Å²) in [6.07, 6.45) is 2.52. The van der Waals surface area contributed by atoms with Gasteiger partial charge in [-0.05, 0) is 6.07 Å². The minimum absolute atomic E-state index is 0.0595. The number of aliphatic hydroxyl groups is 1. The highest BCUT2D eigenvalue weighted by atomic mass is 19.1. The first kappa shape index (κ1) is 16.8. The highest BCUT2D eigenvalue weighted by molar-refractivity contribution is 5.15. The van der Waals surface area contributed by atoms with Gasteiger partial charge >= 0.3 is 0 Å². The topological polar surface area (TPSA) is 33.6 Å². The number of hydrogen-bond acceptors (Lipinski definition) is 1. The average molecular weight is 324 g/mol. The summed E-state index contributed by atoms with van der Waals surface area (Å²) >= 11 is 0. The van der Waals surface area contributed by atoms with Gasteiger partial charge in [-0.1, -0.05) is 18.2 Å². The third-order valence-electron chi connectivity index (χ3n) is 5.73. The maximum Gasteiger partial charge on any atom is 0.132 e. The van der Waals surface area contributed by atoms with Gasteiger partial charge in [-0.3, -0.25) is 0 Å². The minimum atomic E-state index is -0.0595. The Labute approximate surface area is 138 Å². The lowest BCUT2D eigenvalue weighted by Gasteiger charge is -2.37. The fraction of sp³-hybridized carbons (Fsp3) is 0.667. The molecule has 2 aliphatic heterocycles. The molecule has 0 atom stereocenters. The summed E-state index contributed by atoms with van der Waals surface area (Å²) in [5, 5.41) is 9.05. The first-order chi connectivity index (χ1) is 11.3. The first-order valence-electron chi connectivity index (χ1n) is 9.12. The van der Waals surface area contributed by atoms with Gasteiger partial charge in [0.25, 0.3) is 0 Å². The molecular formula is C18H31FN3O+3. The van der Waals surface area contributed by atoms with Crippen molar-refractivity contribution in [1.29, 1.82) is 0 Å². The normalized spacial score (nSPS) is 31.9. The number of rotatable bonds is 5. The Hall–Kier alpha value is -1.01. The van der Waals surface area contributed by atoms with Crippen molar-refractivity contribution in [3.63, 3.8) is 0 Å². The van der Waals surface area contributed by atoms with Crippen LogP contribution in [0, 0.1) is 5.82 Å². The molecule has 0 spiro atoms. The summed E-state index contributed by atoms with van der Waals surface area (Å²) < 4.78 is 13.8. The summed E-state index contributed by atoms with van der Waals surface area (Å²) in [7, 11) is 0. The standard InChI is InChI=1S/C18H28FN3O/c19-18-4-2-1-3-16(18)15-21-7-5-17(6-8-21)22-11-9-20(10-12-22)13-14-23/h1-4,17,23H,5-15H2/p+3. The third kappa shape index (κ3) is 4.51. The van der Waals surface area contributed by atoms with Gasteiger partial charge < -0.3 is 19.8 Å². The molecule has 3 rings (SSSR count). The van der Waals surface area contributed by atoms with Crippen molar-refractivity contribution >= 4 is 0 Å². The molecule has 2 fully saturated rings. The fourth-order valence-corrected chi connectivity index (χ4v) is 4.26. The summed E-state index contributed by atoms with van der Waals surface area (Å²) in [5.41, 5.74) is 0.856. The molecular weight excluding hydrogens is 293 g/mol. The van der Waals surface area contributed by atoms with E-state index >= 15 is 0 Å². The number of piperazine rings is 1. The van der Waals surface area contributed by atoms with Crippen molar-refractivity contribution < 1.29 is 24.2 Å². The second-order valence-electron chi connectivity index (χ2n) is 7.17. The van der Waals surface area contributed by atoms with Crippen LogP contribution in [0.5, 0.6) is 0 Å². The molecule has 0 bridgehead atoms. The molecule has 4 nitrogen and oxygen atoms in total. The van der Waals surface area contributed by atoms with E-state index in [1.165, 1.54) is 43.9 Å². The summed E-state index contributed by atoms with van der Waals surface area (Å²) in [6, 6.07) is 7.98. The van der Waals surface area contributed by atoms with E-state index in [0.717, 1.165) is 37.8 Å². The van der Waals surface area contributed by atoms with Crippen LogP contribution >= 0.6 is 0 Å². The van der Waals surface area contributed by atoms with E-state index in [9.17, 15) is 4.39 Å². The van der Waals surface area contributed by atoms with Gasteiger partial charge in [0, 0.05) is 18.4 Å². The van der Waals surface area contributed by atoms with Crippen molar-refractivity contribution in [2.24, 2.45) is 0 Å². The molecule has 0 amide bonds. The first-order valence-corrected chi connectivity index (χ1v) is 9.12. The van der Waals surface area contributed by atoms with E-state index in [-0.39, 0.29) is 5.82 Å². The van der Waals surface area contributed by atoms with Gasteiger partial charge in [-0.25, -0.2) is 4.39 Å². The molecule has 1 aromatic carbocycles. The average Bonchev–Trinajstić information content (AvgIpc) is 2.59. The number of halogens is 1. The van der Waals surface area contributed by atoms with Crippen LogP contribution < -0.4 is 14.7 Å². The maximum atomic E-state index is 13.8. The van der Waals surface area contributed by atoms with Crippen molar-refractivity contribution in [2.45, 2.75) is 25.4 Å². The third-order valence-corrected chi connectivity index (χ3v) is 5.73. The van der Waals surface area contributed by atoms with Crippen LogP contribution in [0.25, 0.3) is 0 Å². The van der Waals surface area contributed by atoms with Crippen LogP contribution in [0.15, 0.2) is 24.3 Å². The van der Waals surface area contributed by atoms with Crippen molar-refractivity contribution in [3.8, 4) is 0 Å². The molecule has 5 heteroatoms. The van der Waals surface area contributed by atoms with Crippen LogP contribution in [0.4, 0.5) is 4.39 Å². The molecule has 2 saturated heterocycles. The number of benzene rings is 1. The van der Waals surface area contributed by atoms with Gasteiger partial charge in [0.1, 0.15) is 45.1 Å². The van der Waals surface area contributed by atoms with E-state index in [1.807, 2.05) is 12.1 Å². The number of aliphatic hydroxyl groups excluding tert-OH is 1. The second-order valence-corrected chi connectivity index (χ2v) is 7.17. The zero-order valence-electron chi connectivity index (χ0n) is 14.0. The van der Waals surface area contributed by atoms with Crippen LogP contribution in [-0.4, -0.2) is 63.6 Å². The number of quaternary nitrogens is 3. The number of hydrogen-bond donors (Lipinski definition) is 4. The Balaban J connectivity index is 1.43. The van der Waals surface area contributed by atoms with Gasteiger partial charge in [0.05, 0.1) is 25.7 Å². The van der Waals surface area contributed by atoms with Gasteiger partial charge in [-0.15, -0.1) is 0 Å². The molecule has 23 heavy (non-hydrogen) atoms. The largest absolute Gasteiger partial charge is 0.391 e. The number of nitrogens with one attached hydrogen (secondary N) is 3. The molecule has 0 aliphatic carbocycles. The van der Waals surface area contributed by atoms with Crippen LogP contribution in [0.3, 0.4) is 0 Å². The Kier molecular flexibility index (Phi) is 6.00. The molecule has 0 aromatic heterocycles. The highest BCUT2D eigenvalue weighted by Crippen LogP contribution is 2.05. The van der Waals surface area contributed by atoms with Gasteiger partial charge in [0.15, 0.2) is 0 Å². The molecule has 0 unspecified atom stereocenters. The molecule has 0 saturated carbocycles. The van der Waals surface area contributed by atoms with E-state index < -0.39 is 0 Å². The van der Waals surface area contributed by atoms with Crippen LogP contribution in [-0.2, 0) is 6.54 Å². The summed E-state index contributed by atoms with van der Waals surface area (Å²) in [5.74, 6) is -0.0595. The van der Waals surface area contributed by atoms with E-state index in [0.29, 0.717) is 6.61 Å². The predicted octanol–water partition coefficient (Wildman–Crippen LogP) is -2.85. The lowest BCUT2D eigenvalue weighted by Crippen LogP contribution is -3.30. The maximum absolute atomic E-state index is 13.8. The van der Waals surface area contributed by atoms with Crippen molar-refractivity contribution in [2.75, 3.05) is 52.4 Å². The summed E-state index contributed by atoms with van der Waals surface area (Å²) in [6.45, 7) is 9.22. The van der Waals surface area contributed by atoms with Crippen LogP contribution in [0.2, 0.25) is 0 Å². The summed E-state index contributed by atoms with van der Waals surface area (Å²) in [4.78, 5) is 4.84. The Morgan fingerprint density at radius 2 is 1.65 bits per heavy atom. The molecule has 0 radical (unpaired) electrons. The van der Waals surface area contributed by atoms with E-state index in [4.69, 9.17) is 5.11 Å². The highest BCUT2D eigenvalue weighted by Gasteiger charge is 2.33. The quantitative estimate of drug-likeness (QED) is 0.462. The number of likely N-dealkylation sites (tertiary alicyclic amines) is 1. The lowest BCUT2D eigenvalue weighted by molar-refractivity contribution is -1.03. The zero-order chi connectivity index (χ0) is 16.1. The molecule has 4 N–H and O–H groups in total. The monoisotopic (exact) mass is 324 g/mol. The molecule has 1 aromatic rings. The SMILES string of the molecule is OCC[NH+]1CC[NH+](C2CC[NH+](Cc3ccccc3F)CC2)CC1. The smallest absolute Gasteiger partial charge is 0.132 e. The second kappa shape index (κ2) is 8.20.